The number of rotatable bonds is 6. The molecule has 0 bridgehead atoms. The number of nitrogens with one attached hydrogen (secondary N) is 1. The number of carbonyl (C=O) groups is 2. The number of esters is 1. The minimum atomic E-state index is -4.40. The fourth-order valence-corrected chi connectivity index (χ4v) is 5.13. The molecule has 172 valence electrons. The van der Waals surface area contributed by atoms with Gasteiger partial charge in [0.15, 0.2) is 5.78 Å². The summed E-state index contributed by atoms with van der Waals surface area (Å²) in [5, 5.41) is 3.72. The highest BCUT2D eigenvalue weighted by Crippen LogP contribution is 2.37. The summed E-state index contributed by atoms with van der Waals surface area (Å²) in [5.74, 6) is -1.12. The van der Waals surface area contributed by atoms with Gasteiger partial charge in [-0.15, -0.1) is 11.3 Å². The second-order valence-corrected chi connectivity index (χ2v) is 9.06. The second-order valence-electron chi connectivity index (χ2n) is 7.98. The maximum absolute atomic E-state index is 12.9. The van der Waals surface area contributed by atoms with Crippen molar-refractivity contribution in [2.75, 3.05) is 12.4 Å². The van der Waals surface area contributed by atoms with Gasteiger partial charge in [-0.1, -0.05) is 36.8 Å². The third kappa shape index (κ3) is 5.11. The lowest BCUT2D eigenvalue weighted by Crippen LogP contribution is -2.26. The van der Waals surface area contributed by atoms with Crippen molar-refractivity contribution in [1.82, 2.24) is 0 Å². The van der Waals surface area contributed by atoms with E-state index in [9.17, 15) is 22.8 Å². The van der Waals surface area contributed by atoms with Gasteiger partial charge in [-0.3, -0.25) is 9.59 Å². The zero-order valence-corrected chi connectivity index (χ0v) is 18.6. The Labute approximate surface area is 193 Å². The molecule has 0 saturated heterocycles. The van der Waals surface area contributed by atoms with Crippen LogP contribution in [-0.2, 0) is 15.7 Å². The van der Waals surface area contributed by atoms with Crippen LogP contribution in [0.2, 0.25) is 0 Å². The molecule has 0 radical (unpaired) electrons. The fourth-order valence-electron chi connectivity index (χ4n) is 4.20. The van der Waals surface area contributed by atoms with Gasteiger partial charge in [-0.25, -0.2) is 0 Å². The average Bonchev–Trinajstić information content (AvgIpc) is 3.48. The molecule has 0 unspecified atom stereocenters. The summed E-state index contributed by atoms with van der Waals surface area (Å²) >= 11 is 1.40. The molecule has 1 aliphatic carbocycles. The number of benzene rings is 2. The predicted molar refractivity (Wildman–Crippen MR) is 122 cm³/mol. The number of ether oxygens (including phenoxy) is 1. The van der Waals surface area contributed by atoms with Gasteiger partial charge in [0.25, 0.3) is 0 Å². The van der Waals surface area contributed by atoms with Crippen LogP contribution in [0.15, 0.2) is 60.7 Å². The molecule has 0 aliphatic heterocycles. The summed E-state index contributed by atoms with van der Waals surface area (Å²) in [7, 11) is 1.34. The molecule has 1 aromatic heterocycles. The van der Waals surface area contributed by atoms with E-state index in [0.29, 0.717) is 29.1 Å². The summed E-state index contributed by atoms with van der Waals surface area (Å²) in [6.07, 6.45) is -2.23. The van der Waals surface area contributed by atoms with Crippen LogP contribution < -0.4 is 5.32 Å². The topological polar surface area (TPSA) is 55.4 Å². The molecule has 2 atom stereocenters. The van der Waals surface area contributed by atoms with Crippen molar-refractivity contribution in [3.05, 3.63) is 71.8 Å². The fraction of sp³-hybridized carbons (Fsp3) is 0.280. The molecule has 1 fully saturated rings. The van der Waals surface area contributed by atoms with E-state index in [1.54, 1.807) is 24.3 Å². The van der Waals surface area contributed by atoms with E-state index < -0.39 is 11.7 Å². The molecule has 33 heavy (non-hydrogen) atoms. The smallest absolute Gasteiger partial charge is 0.416 e. The van der Waals surface area contributed by atoms with Gasteiger partial charge < -0.3 is 10.1 Å². The molecule has 8 heteroatoms. The monoisotopic (exact) mass is 473 g/mol. The Morgan fingerprint density at radius 2 is 1.73 bits per heavy atom. The standard InChI is InChI=1S/C25H22F3NO3S/c1-32-24(31)20-7-3-6-19(20)23(30)16-10-8-15(9-11-16)21-12-13-22(33-21)29-18-5-2-4-17(14-18)25(26,27)28/h2,4-5,8-14,19-20,29H,3,6-7H2,1H3/t19-,20-/m1/s1. The van der Waals surface area contributed by atoms with Gasteiger partial charge in [-0.2, -0.15) is 13.2 Å². The summed E-state index contributed by atoms with van der Waals surface area (Å²) in [6.45, 7) is 0. The first-order valence-corrected chi connectivity index (χ1v) is 11.3. The van der Waals surface area contributed by atoms with Crippen molar-refractivity contribution in [2.45, 2.75) is 25.4 Å². The average molecular weight is 474 g/mol. The van der Waals surface area contributed by atoms with E-state index in [1.807, 2.05) is 18.2 Å². The molecule has 4 rings (SSSR count). The third-order valence-electron chi connectivity index (χ3n) is 5.87. The van der Waals surface area contributed by atoms with Crippen LogP contribution in [0.3, 0.4) is 0 Å². The van der Waals surface area contributed by atoms with Crippen molar-refractivity contribution in [1.29, 1.82) is 0 Å². The molecular weight excluding hydrogens is 451 g/mol. The minimum Gasteiger partial charge on any atom is -0.469 e. The number of halogens is 3. The molecule has 1 heterocycles. The highest BCUT2D eigenvalue weighted by Gasteiger charge is 2.38. The Hall–Kier alpha value is -3.13. The number of anilines is 2. The van der Waals surface area contributed by atoms with E-state index in [0.717, 1.165) is 29.0 Å². The van der Waals surface area contributed by atoms with Crippen LogP contribution in [0.25, 0.3) is 10.4 Å². The molecule has 1 aliphatic rings. The zero-order chi connectivity index (χ0) is 23.6. The molecule has 0 amide bonds. The Kier molecular flexibility index (Phi) is 6.56. The van der Waals surface area contributed by atoms with Crippen LogP contribution in [0, 0.1) is 11.8 Å². The number of alkyl halides is 3. The molecule has 0 spiro atoms. The van der Waals surface area contributed by atoms with Crippen molar-refractivity contribution < 1.29 is 27.5 Å². The number of thiophene rings is 1. The van der Waals surface area contributed by atoms with E-state index in [-0.39, 0.29) is 23.6 Å². The van der Waals surface area contributed by atoms with E-state index in [1.165, 1.54) is 24.5 Å². The number of carbonyl (C=O) groups excluding carboxylic acids is 2. The largest absolute Gasteiger partial charge is 0.469 e. The highest BCUT2D eigenvalue weighted by molar-refractivity contribution is 7.19. The molecule has 3 aromatic rings. The van der Waals surface area contributed by atoms with Gasteiger partial charge in [0, 0.05) is 22.0 Å². The van der Waals surface area contributed by atoms with Crippen molar-refractivity contribution in [3.8, 4) is 10.4 Å². The first kappa shape index (κ1) is 23.0. The maximum atomic E-state index is 12.9. The van der Waals surface area contributed by atoms with E-state index >= 15 is 0 Å². The summed E-state index contributed by atoms with van der Waals surface area (Å²) in [4.78, 5) is 25.8. The first-order valence-electron chi connectivity index (χ1n) is 10.5. The van der Waals surface area contributed by atoms with Gasteiger partial charge in [0.05, 0.1) is 23.6 Å². The number of methoxy groups -OCH3 is 1. The van der Waals surface area contributed by atoms with Crippen LogP contribution in [0.4, 0.5) is 23.9 Å². The molecule has 2 aromatic carbocycles. The van der Waals surface area contributed by atoms with Gasteiger partial charge in [0.2, 0.25) is 0 Å². The van der Waals surface area contributed by atoms with Crippen molar-refractivity contribution >= 4 is 33.8 Å². The van der Waals surface area contributed by atoms with Crippen molar-refractivity contribution in [2.24, 2.45) is 11.8 Å². The summed E-state index contributed by atoms with van der Waals surface area (Å²) < 4.78 is 43.6. The number of hydrogen-bond donors (Lipinski definition) is 1. The number of Topliss-reactive ketones (excluding diaryl/α,β-unsaturated/α-hetero) is 1. The lowest BCUT2D eigenvalue weighted by molar-refractivity contribution is -0.146. The van der Waals surface area contributed by atoms with Crippen LogP contribution >= 0.6 is 11.3 Å². The SMILES string of the molecule is COC(=O)[C@@H]1CCC[C@H]1C(=O)c1ccc(-c2ccc(Nc3cccc(C(F)(F)F)c3)s2)cc1. The molecule has 4 nitrogen and oxygen atoms in total. The molecular formula is C25H22F3NO3S. The lowest BCUT2D eigenvalue weighted by Gasteiger charge is -2.16. The lowest BCUT2D eigenvalue weighted by atomic mass is 9.88. The van der Waals surface area contributed by atoms with Crippen LogP contribution in [0.5, 0.6) is 0 Å². The Morgan fingerprint density at radius 3 is 2.42 bits per heavy atom. The normalized spacial score (nSPS) is 18.2. The third-order valence-corrected chi connectivity index (χ3v) is 6.92. The second kappa shape index (κ2) is 9.39. The molecule has 1 saturated carbocycles. The van der Waals surface area contributed by atoms with Gasteiger partial charge in [-0.05, 0) is 48.7 Å². The Balaban J connectivity index is 1.46. The quantitative estimate of drug-likeness (QED) is 0.311. The van der Waals surface area contributed by atoms with Crippen molar-refractivity contribution in [3.63, 3.8) is 0 Å². The number of ketones is 1. The summed E-state index contributed by atoms with van der Waals surface area (Å²) in [5.41, 5.74) is 1.10. The van der Waals surface area contributed by atoms with Gasteiger partial charge >= 0.3 is 12.1 Å². The number of hydrogen-bond acceptors (Lipinski definition) is 5. The van der Waals surface area contributed by atoms with E-state index in [4.69, 9.17) is 4.74 Å². The van der Waals surface area contributed by atoms with Crippen LogP contribution in [-0.4, -0.2) is 18.9 Å². The maximum Gasteiger partial charge on any atom is 0.416 e. The molecule has 1 N–H and O–H groups in total. The summed E-state index contributed by atoms with van der Waals surface area (Å²) in [6, 6.07) is 15.9. The van der Waals surface area contributed by atoms with E-state index in [2.05, 4.69) is 5.32 Å². The van der Waals surface area contributed by atoms with Gasteiger partial charge in [0.1, 0.15) is 0 Å². The Bertz CT molecular complexity index is 1150. The minimum absolute atomic E-state index is 0.0486. The van der Waals surface area contributed by atoms with Crippen LogP contribution in [0.1, 0.15) is 35.2 Å². The zero-order valence-electron chi connectivity index (χ0n) is 17.8. The predicted octanol–water partition coefficient (Wildman–Crippen LogP) is 6.95. The highest BCUT2D eigenvalue weighted by atomic mass is 32.1. The first-order chi connectivity index (χ1) is 15.8. The Morgan fingerprint density at radius 1 is 1.00 bits per heavy atom.